The van der Waals surface area contributed by atoms with E-state index in [0.717, 1.165) is 12.8 Å². The molecule has 1 aliphatic rings. The molecule has 0 saturated carbocycles. The number of aliphatic hydroxyl groups is 2. The summed E-state index contributed by atoms with van der Waals surface area (Å²) in [5.41, 5.74) is -1.18. The topological polar surface area (TPSA) is 49.7 Å². The summed E-state index contributed by atoms with van der Waals surface area (Å²) in [7, 11) is 0. The molecule has 1 unspecified atom stereocenters. The summed E-state index contributed by atoms with van der Waals surface area (Å²) in [6, 6.07) is 0. The minimum atomic E-state index is -0.794. The molecule has 12 heavy (non-hydrogen) atoms. The highest BCUT2D eigenvalue weighted by atomic mass is 16.5. The molecule has 0 aliphatic carbocycles. The van der Waals surface area contributed by atoms with Crippen molar-refractivity contribution in [1.29, 1.82) is 0 Å². The lowest BCUT2D eigenvalue weighted by atomic mass is 9.70. The van der Waals surface area contributed by atoms with Gasteiger partial charge in [-0.25, -0.2) is 0 Å². The summed E-state index contributed by atoms with van der Waals surface area (Å²) in [6.07, 6.45) is 1.81. The minimum absolute atomic E-state index is 0.0285. The van der Waals surface area contributed by atoms with Crippen LogP contribution in [0.5, 0.6) is 0 Å². The molecule has 0 radical (unpaired) electrons. The molecule has 0 aromatic heterocycles. The van der Waals surface area contributed by atoms with Crippen LogP contribution in [0.15, 0.2) is 0 Å². The maximum Gasteiger partial charge on any atom is 0.119 e. The first kappa shape index (κ1) is 9.96. The molecule has 0 amide bonds. The van der Waals surface area contributed by atoms with Crippen molar-refractivity contribution in [3.8, 4) is 0 Å². The average Bonchev–Trinajstić information content (AvgIpc) is 2.00. The van der Waals surface area contributed by atoms with E-state index in [2.05, 4.69) is 6.92 Å². The lowest BCUT2D eigenvalue weighted by Crippen LogP contribution is -2.62. The molecule has 0 aromatic carbocycles. The minimum Gasteiger partial charge on any atom is -0.396 e. The van der Waals surface area contributed by atoms with Crippen LogP contribution in [0, 0.1) is 5.41 Å². The Morgan fingerprint density at radius 3 is 2.33 bits per heavy atom. The first-order valence-electron chi connectivity index (χ1n) is 4.49. The highest BCUT2D eigenvalue weighted by Crippen LogP contribution is 2.40. The molecule has 1 atom stereocenters. The maximum absolute atomic E-state index is 9.98. The Hall–Kier alpha value is -0.120. The van der Waals surface area contributed by atoms with E-state index in [-0.39, 0.29) is 12.0 Å². The van der Waals surface area contributed by atoms with E-state index in [1.807, 2.05) is 6.92 Å². The van der Waals surface area contributed by atoms with E-state index in [0.29, 0.717) is 13.2 Å². The molecule has 1 fully saturated rings. The summed E-state index contributed by atoms with van der Waals surface area (Å²) in [5.74, 6) is 0. The number of aliphatic hydroxyl groups excluding tert-OH is 1. The molecule has 0 spiro atoms. The molecule has 1 heterocycles. The van der Waals surface area contributed by atoms with E-state index in [1.54, 1.807) is 0 Å². The van der Waals surface area contributed by atoms with E-state index in [1.165, 1.54) is 0 Å². The molecular weight excluding hydrogens is 156 g/mol. The van der Waals surface area contributed by atoms with Gasteiger partial charge in [-0.1, -0.05) is 20.3 Å². The Morgan fingerprint density at radius 1 is 1.50 bits per heavy atom. The van der Waals surface area contributed by atoms with Crippen LogP contribution in [-0.2, 0) is 4.74 Å². The summed E-state index contributed by atoms with van der Waals surface area (Å²) in [6.45, 7) is 4.73. The summed E-state index contributed by atoms with van der Waals surface area (Å²) in [5, 5.41) is 19.2. The fourth-order valence-corrected chi connectivity index (χ4v) is 1.65. The average molecular weight is 174 g/mol. The van der Waals surface area contributed by atoms with Crippen LogP contribution in [0.2, 0.25) is 0 Å². The Bertz CT molecular complexity index is 154. The van der Waals surface area contributed by atoms with E-state index < -0.39 is 5.60 Å². The van der Waals surface area contributed by atoms with E-state index in [9.17, 15) is 10.2 Å². The normalized spacial score (nSPS) is 26.0. The molecule has 1 saturated heterocycles. The summed E-state index contributed by atoms with van der Waals surface area (Å²) < 4.78 is 4.97. The standard InChI is InChI=1S/C9H18O3/c1-3-4-8(2,5-10)9(11)6-12-7-9/h10-11H,3-7H2,1-2H3. The van der Waals surface area contributed by atoms with Gasteiger partial charge in [0.2, 0.25) is 0 Å². The highest BCUT2D eigenvalue weighted by Gasteiger charge is 2.51. The Morgan fingerprint density at radius 2 is 2.08 bits per heavy atom. The maximum atomic E-state index is 9.98. The first-order chi connectivity index (χ1) is 5.58. The first-order valence-corrected chi connectivity index (χ1v) is 4.49. The van der Waals surface area contributed by atoms with Crippen molar-refractivity contribution in [2.75, 3.05) is 19.8 Å². The molecule has 0 aromatic rings. The smallest absolute Gasteiger partial charge is 0.119 e. The van der Waals surface area contributed by atoms with Crippen molar-refractivity contribution in [3.63, 3.8) is 0 Å². The van der Waals surface area contributed by atoms with Gasteiger partial charge in [0, 0.05) is 5.41 Å². The highest BCUT2D eigenvalue weighted by molar-refractivity contribution is 5.00. The van der Waals surface area contributed by atoms with Crippen molar-refractivity contribution in [2.45, 2.75) is 32.3 Å². The molecule has 1 rings (SSSR count). The van der Waals surface area contributed by atoms with Crippen LogP contribution in [0.3, 0.4) is 0 Å². The number of ether oxygens (including phenoxy) is 1. The van der Waals surface area contributed by atoms with Crippen molar-refractivity contribution in [1.82, 2.24) is 0 Å². The van der Waals surface area contributed by atoms with Gasteiger partial charge in [0.05, 0.1) is 19.8 Å². The molecule has 1 aliphatic heterocycles. The van der Waals surface area contributed by atoms with Crippen molar-refractivity contribution in [3.05, 3.63) is 0 Å². The third kappa shape index (κ3) is 1.37. The third-order valence-electron chi connectivity index (χ3n) is 2.96. The van der Waals surface area contributed by atoms with Gasteiger partial charge in [-0.05, 0) is 6.42 Å². The fraction of sp³-hybridized carbons (Fsp3) is 1.00. The molecule has 3 nitrogen and oxygen atoms in total. The monoisotopic (exact) mass is 174 g/mol. The molecular formula is C9H18O3. The van der Waals surface area contributed by atoms with Crippen LogP contribution in [0.1, 0.15) is 26.7 Å². The van der Waals surface area contributed by atoms with Gasteiger partial charge in [-0.2, -0.15) is 0 Å². The largest absolute Gasteiger partial charge is 0.396 e. The zero-order valence-corrected chi connectivity index (χ0v) is 7.84. The van der Waals surface area contributed by atoms with Crippen LogP contribution < -0.4 is 0 Å². The van der Waals surface area contributed by atoms with Gasteiger partial charge in [-0.15, -0.1) is 0 Å². The van der Waals surface area contributed by atoms with Gasteiger partial charge < -0.3 is 14.9 Å². The van der Waals surface area contributed by atoms with E-state index in [4.69, 9.17) is 4.74 Å². The van der Waals surface area contributed by atoms with Gasteiger partial charge in [-0.3, -0.25) is 0 Å². The SMILES string of the molecule is CCCC(C)(CO)C1(O)COC1. The van der Waals surface area contributed by atoms with Crippen LogP contribution in [0.4, 0.5) is 0 Å². The molecule has 72 valence electrons. The van der Waals surface area contributed by atoms with Crippen LogP contribution in [-0.4, -0.2) is 35.6 Å². The second-order valence-electron chi connectivity index (χ2n) is 3.99. The Labute approximate surface area is 73.4 Å². The van der Waals surface area contributed by atoms with Crippen molar-refractivity contribution >= 4 is 0 Å². The number of hydrogen-bond donors (Lipinski definition) is 2. The molecule has 2 N–H and O–H groups in total. The van der Waals surface area contributed by atoms with Gasteiger partial charge in [0.25, 0.3) is 0 Å². The zero-order valence-electron chi connectivity index (χ0n) is 7.84. The zero-order chi connectivity index (χ0) is 9.24. The molecule has 3 heteroatoms. The van der Waals surface area contributed by atoms with E-state index >= 15 is 0 Å². The molecule has 0 bridgehead atoms. The van der Waals surface area contributed by atoms with Gasteiger partial charge in [0.15, 0.2) is 0 Å². The third-order valence-corrected chi connectivity index (χ3v) is 2.96. The second kappa shape index (κ2) is 3.32. The van der Waals surface area contributed by atoms with Gasteiger partial charge >= 0.3 is 0 Å². The number of rotatable bonds is 4. The second-order valence-corrected chi connectivity index (χ2v) is 3.99. The van der Waals surface area contributed by atoms with Crippen LogP contribution >= 0.6 is 0 Å². The quantitative estimate of drug-likeness (QED) is 0.654. The predicted molar refractivity (Wildman–Crippen MR) is 45.9 cm³/mol. The Balaban J connectivity index is 2.64. The van der Waals surface area contributed by atoms with Gasteiger partial charge in [0.1, 0.15) is 5.60 Å². The fourth-order valence-electron chi connectivity index (χ4n) is 1.65. The van der Waals surface area contributed by atoms with Crippen molar-refractivity contribution in [2.24, 2.45) is 5.41 Å². The van der Waals surface area contributed by atoms with Crippen LogP contribution in [0.25, 0.3) is 0 Å². The predicted octanol–water partition coefficient (Wildman–Crippen LogP) is 0.546. The lowest BCUT2D eigenvalue weighted by Gasteiger charge is -2.49. The Kier molecular flexibility index (Phi) is 2.76. The van der Waals surface area contributed by atoms with Crippen molar-refractivity contribution < 1.29 is 14.9 Å². The summed E-state index contributed by atoms with van der Waals surface area (Å²) >= 11 is 0. The number of hydrogen-bond acceptors (Lipinski definition) is 3. The lowest BCUT2D eigenvalue weighted by molar-refractivity contribution is -0.246. The summed E-state index contributed by atoms with van der Waals surface area (Å²) in [4.78, 5) is 0.